The van der Waals surface area contributed by atoms with E-state index in [9.17, 15) is 0 Å². The molecule has 0 aromatic carbocycles. The maximum atomic E-state index is 5.32. The third-order valence-electron chi connectivity index (χ3n) is 2.95. The predicted molar refractivity (Wildman–Crippen MR) is 68.7 cm³/mol. The lowest BCUT2D eigenvalue weighted by molar-refractivity contribution is 0.460. The highest BCUT2D eigenvalue weighted by Crippen LogP contribution is 2.06. The van der Waals surface area contributed by atoms with Crippen molar-refractivity contribution in [3.8, 4) is 0 Å². The Hall–Kier alpha value is -1.48. The lowest BCUT2D eigenvalue weighted by atomic mass is 10.1. The fourth-order valence-corrected chi connectivity index (χ4v) is 1.87. The van der Waals surface area contributed by atoms with Crippen LogP contribution in [0.3, 0.4) is 0 Å². The number of nitrogens with one attached hydrogen (secondary N) is 1. The number of hydrogen-bond donors (Lipinski definition) is 1. The standard InChI is InChI=1S/C14H20N2O/c1-12(5-6-14-4-3-9-17-14)15-10-13-7-8-16(2)11-13/h3-4,7-9,11-12,15H,5-6,10H2,1-2H3. The number of nitrogens with zero attached hydrogens (tertiary/aromatic N) is 1. The minimum atomic E-state index is 0.500. The van der Waals surface area contributed by atoms with Crippen LogP contribution in [-0.4, -0.2) is 10.6 Å². The van der Waals surface area contributed by atoms with Crippen LogP contribution in [0, 0.1) is 0 Å². The van der Waals surface area contributed by atoms with Crippen LogP contribution in [0.25, 0.3) is 0 Å². The Bertz CT molecular complexity index is 431. The second-order valence-corrected chi connectivity index (χ2v) is 4.59. The maximum absolute atomic E-state index is 5.32. The monoisotopic (exact) mass is 232 g/mol. The highest BCUT2D eigenvalue weighted by molar-refractivity contribution is 5.09. The first kappa shape index (κ1) is 12.0. The first-order valence-corrected chi connectivity index (χ1v) is 6.10. The molecule has 0 aliphatic carbocycles. The molecule has 0 aliphatic heterocycles. The number of aromatic nitrogens is 1. The van der Waals surface area contributed by atoms with Crippen LogP contribution in [-0.2, 0) is 20.0 Å². The summed E-state index contributed by atoms with van der Waals surface area (Å²) in [4.78, 5) is 0. The van der Waals surface area contributed by atoms with E-state index in [-0.39, 0.29) is 0 Å². The summed E-state index contributed by atoms with van der Waals surface area (Å²) in [6.07, 6.45) is 8.05. The Morgan fingerprint density at radius 3 is 2.94 bits per heavy atom. The minimum absolute atomic E-state index is 0.500. The van der Waals surface area contributed by atoms with Gasteiger partial charge >= 0.3 is 0 Å². The molecule has 0 aliphatic rings. The second-order valence-electron chi connectivity index (χ2n) is 4.59. The van der Waals surface area contributed by atoms with E-state index in [0.717, 1.165) is 25.1 Å². The van der Waals surface area contributed by atoms with Crippen LogP contribution in [0.4, 0.5) is 0 Å². The van der Waals surface area contributed by atoms with Crippen LogP contribution in [0.2, 0.25) is 0 Å². The van der Waals surface area contributed by atoms with E-state index in [1.165, 1.54) is 5.56 Å². The van der Waals surface area contributed by atoms with Gasteiger partial charge in [0.25, 0.3) is 0 Å². The summed E-state index contributed by atoms with van der Waals surface area (Å²) >= 11 is 0. The molecule has 1 unspecified atom stereocenters. The number of aryl methyl sites for hydroxylation is 2. The largest absolute Gasteiger partial charge is 0.469 e. The van der Waals surface area contributed by atoms with Crippen molar-refractivity contribution in [1.82, 2.24) is 9.88 Å². The molecule has 1 N–H and O–H groups in total. The molecule has 0 fully saturated rings. The van der Waals surface area contributed by atoms with Crippen LogP contribution in [0.15, 0.2) is 41.3 Å². The van der Waals surface area contributed by atoms with Gasteiger partial charge in [-0.3, -0.25) is 0 Å². The zero-order valence-corrected chi connectivity index (χ0v) is 10.5. The Morgan fingerprint density at radius 2 is 2.29 bits per heavy atom. The number of hydrogen-bond acceptors (Lipinski definition) is 2. The van der Waals surface area contributed by atoms with E-state index >= 15 is 0 Å². The number of furan rings is 1. The average Bonchev–Trinajstić information content (AvgIpc) is 2.95. The Labute approximate surface area is 102 Å². The van der Waals surface area contributed by atoms with E-state index < -0.39 is 0 Å². The van der Waals surface area contributed by atoms with Gasteiger partial charge in [-0.2, -0.15) is 0 Å². The highest BCUT2D eigenvalue weighted by Gasteiger charge is 2.04. The van der Waals surface area contributed by atoms with Crippen molar-refractivity contribution in [2.45, 2.75) is 32.4 Å². The van der Waals surface area contributed by atoms with Gasteiger partial charge in [-0.05, 0) is 37.1 Å². The average molecular weight is 232 g/mol. The summed E-state index contributed by atoms with van der Waals surface area (Å²) in [7, 11) is 2.05. The van der Waals surface area contributed by atoms with Crippen LogP contribution >= 0.6 is 0 Å². The predicted octanol–water partition coefficient (Wildman–Crippen LogP) is 2.73. The normalized spacial score (nSPS) is 12.8. The molecule has 2 aromatic rings. The quantitative estimate of drug-likeness (QED) is 0.830. The van der Waals surface area contributed by atoms with E-state index in [1.54, 1.807) is 6.26 Å². The summed E-state index contributed by atoms with van der Waals surface area (Å²) in [6.45, 7) is 3.14. The van der Waals surface area contributed by atoms with Crippen molar-refractivity contribution in [2.75, 3.05) is 0 Å². The molecule has 3 nitrogen and oxygen atoms in total. The zero-order chi connectivity index (χ0) is 12.1. The summed E-state index contributed by atoms with van der Waals surface area (Å²) in [5, 5.41) is 3.52. The van der Waals surface area contributed by atoms with Crippen molar-refractivity contribution in [3.05, 3.63) is 48.2 Å². The summed E-state index contributed by atoms with van der Waals surface area (Å²) < 4.78 is 7.39. The topological polar surface area (TPSA) is 30.1 Å². The zero-order valence-electron chi connectivity index (χ0n) is 10.5. The molecule has 1 atom stereocenters. The third-order valence-corrected chi connectivity index (χ3v) is 2.95. The summed E-state index contributed by atoms with van der Waals surface area (Å²) in [5.41, 5.74) is 1.33. The summed E-state index contributed by atoms with van der Waals surface area (Å²) in [5.74, 6) is 1.07. The smallest absolute Gasteiger partial charge is 0.103 e. The Balaban J connectivity index is 1.69. The van der Waals surface area contributed by atoms with Crippen molar-refractivity contribution in [2.24, 2.45) is 7.05 Å². The van der Waals surface area contributed by atoms with Crippen LogP contribution < -0.4 is 5.32 Å². The molecule has 92 valence electrons. The van der Waals surface area contributed by atoms with Gasteiger partial charge in [0, 0.05) is 38.4 Å². The lowest BCUT2D eigenvalue weighted by Crippen LogP contribution is -2.25. The van der Waals surface area contributed by atoms with Crippen molar-refractivity contribution in [1.29, 1.82) is 0 Å². The second kappa shape index (κ2) is 5.73. The molecular weight excluding hydrogens is 212 g/mol. The van der Waals surface area contributed by atoms with Crippen LogP contribution in [0.1, 0.15) is 24.7 Å². The van der Waals surface area contributed by atoms with Gasteiger partial charge < -0.3 is 14.3 Å². The molecule has 0 radical (unpaired) electrons. The summed E-state index contributed by atoms with van der Waals surface area (Å²) in [6, 6.07) is 6.62. The molecule has 0 bridgehead atoms. The molecular formula is C14H20N2O. The third kappa shape index (κ3) is 3.79. The van der Waals surface area contributed by atoms with Crippen molar-refractivity contribution in [3.63, 3.8) is 0 Å². The Kier molecular flexibility index (Phi) is 4.04. The molecule has 3 heteroatoms. The first-order chi connectivity index (χ1) is 8.24. The minimum Gasteiger partial charge on any atom is -0.469 e. The van der Waals surface area contributed by atoms with Gasteiger partial charge in [-0.15, -0.1) is 0 Å². The molecule has 17 heavy (non-hydrogen) atoms. The molecule has 2 rings (SSSR count). The van der Waals surface area contributed by atoms with E-state index in [4.69, 9.17) is 4.42 Å². The van der Waals surface area contributed by atoms with Gasteiger partial charge in [-0.25, -0.2) is 0 Å². The molecule has 0 saturated carbocycles. The number of rotatable bonds is 6. The first-order valence-electron chi connectivity index (χ1n) is 6.10. The highest BCUT2D eigenvalue weighted by atomic mass is 16.3. The van der Waals surface area contributed by atoms with Gasteiger partial charge in [0.05, 0.1) is 6.26 Å². The fourth-order valence-electron chi connectivity index (χ4n) is 1.87. The molecule has 0 amide bonds. The lowest BCUT2D eigenvalue weighted by Gasteiger charge is -2.12. The van der Waals surface area contributed by atoms with Gasteiger partial charge in [0.2, 0.25) is 0 Å². The van der Waals surface area contributed by atoms with E-state index in [2.05, 4.69) is 35.3 Å². The van der Waals surface area contributed by atoms with Gasteiger partial charge in [0.15, 0.2) is 0 Å². The molecule has 2 aromatic heterocycles. The SMILES string of the molecule is CC(CCc1ccco1)NCc1ccn(C)c1. The van der Waals surface area contributed by atoms with Crippen LogP contribution in [0.5, 0.6) is 0 Å². The molecule has 0 saturated heterocycles. The van der Waals surface area contributed by atoms with Gasteiger partial charge in [0.1, 0.15) is 5.76 Å². The van der Waals surface area contributed by atoms with Gasteiger partial charge in [-0.1, -0.05) is 0 Å². The molecule has 0 spiro atoms. The van der Waals surface area contributed by atoms with Crippen molar-refractivity contribution < 1.29 is 4.42 Å². The fraction of sp³-hybridized carbons (Fsp3) is 0.429. The molecule has 2 heterocycles. The van der Waals surface area contributed by atoms with E-state index in [1.807, 2.05) is 19.2 Å². The van der Waals surface area contributed by atoms with Crippen molar-refractivity contribution >= 4 is 0 Å². The Morgan fingerprint density at radius 1 is 1.41 bits per heavy atom. The van der Waals surface area contributed by atoms with E-state index in [0.29, 0.717) is 6.04 Å². The maximum Gasteiger partial charge on any atom is 0.103 e.